The van der Waals surface area contributed by atoms with E-state index in [1.165, 1.54) is 33.7 Å². The summed E-state index contributed by atoms with van der Waals surface area (Å²) in [6.07, 6.45) is 1.95. The van der Waals surface area contributed by atoms with E-state index in [0.29, 0.717) is 31.1 Å². The van der Waals surface area contributed by atoms with Gasteiger partial charge in [-0.2, -0.15) is 0 Å². The molecule has 2 aliphatic rings. The smallest absolute Gasteiger partial charge is 0.324 e. The Balaban J connectivity index is 1.26. The molecule has 0 atom stereocenters. The second-order valence-corrected chi connectivity index (χ2v) is 9.72. The number of nitrogens with zero attached hydrogens (tertiary/aromatic N) is 3. The summed E-state index contributed by atoms with van der Waals surface area (Å²) in [7, 11) is 0. The average molecular weight is 454 g/mol. The molecular weight excluding hydrogens is 434 g/mol. The predicted octanol–water partition coefficient (Wildman–Crippen LogP) is 4.08. The van der Waals surface area contributed by atoms with Gasteiger partial charge in [0.1, 0.15) is 0 Å². The number of benzene rings is 1. The summed E-state index contributed by atoms with van der Waals surface area (Å²) in [6, 6.07) is 13.2. The molecule has 0 saturated carbocycles. The molecule has 0 bridgehead atoms. The lowest BCUT2D eigenvalue weighted by Gasteiger charge is -2.34. The van der Waals surface area contributed by atoms with E-state index in [9.17, 15) is 19.7 Å². The minimum atomic E-state index is -0.489. The summed E-state index contributed by atoms with van der Waals surface area (Å²) in [4.78, 5) is 41.9. The summed E-state index contributed by atoms with van der Waals surface area (Å²) in [6.45, 7) is 1.75. The van der Waals surface area contributed by atoms with Crippen LogP contribution in [0.2, 0.25) is 0 Å². The normalized spacial score (nSPS) is 15.4. The molecule has 7 nitrogen and oxygen atoms in total. The maximum absolute atomic E-state index is 13.1. The van der Waals surface area contributed by atoms with Crippen LogP contribution in [0, 0.1) is 10.1 Å². The lowest BCUT2D eigenvalue weighted by atomic mass is 9.91. The first kappa shape index (κ1) is 19.9. The van der Waals surface area contributed by atoms with Gasteiger partial charge in [-0.1, -0.05) is 35.6 Å². The van der Waals surface area contributed by atoms with E-state index in [2.05, 4.69) is 18.2 Å². The van der Waals surface area contributed by atoms with E-state index in [1.54, 1.807) is 21.1 Å². The van der Waals surface area contributed by atoms with Gasteiger partial charge in [0.2, 0.25) is 0 Å². The summed E-state index contributed by atoms with van der Waals surface area (Å²) >= 11 is 2.44. The molecular formula is C22H19N3O4S2. The van der Waals surface area contributed by atoms with Gasteiger partial charge >= 0.3 is 5.00 Å². The summed E-state index contributed by atoms with van der Waals surface area (Å²) < 4.78 is 0. The molecule has 0 radical (unpaired) electrons. The van der Waals surface area contributed by atoms with Crippen molar-refractivity contribution in [3.63, 3.8) is 0 Å². The molecule has 0 N–H and O–H groups in total. The van der Waals surface area contributed by atoms with Crippen LogP contribution in [-0.4, -0.2) is 52.7 Å². The molecule has 0 unspecified atom stereocenters. The Kier molecular flexibility index (Phi) is 5.07. The first-order chi connectivity index (χ1) is 15.0. The van der Waals surface area contributed by atoms with Crippen LogP contribution in [0.5, 0.6) is 0 Å². The second kappa shape index (κ2) is 7.90. The van der Waals surface area contributed by atoms with Gasteiger partial charge in [-0.15, -0.1) is 11.3 Å². The van der Waals surface area contributed by atoms with Gasteiger partial charge in [-0.05, 0) is 41.7 Å². The fourth-order valence-electron chi connectivity index (χ4n) is 4.14. The van der Waals surface area contributed by atoms with Gasteiger partial charge in [0, 0.05) is 37.1 Å². The van der Waals surface area contributed by atoms with E-state index in [-0.39, 0.29) is 16.8 Å². The van der Waals surface area contributed by atoms with Crippen LogP contribution in [-0.2, 0) is 12.8 Å². The van der Waals surface area contributed by atoms with E-state index >= 15 is 0 Å². The molecule has 2 aromatic heterocycles. The maximum Gasteiger partial charge on any atom is 0.324 e. The molecule has 158 valence electrons. The topological polar surface area (TPSA) is 83.8 Å². The number of hydrogen-bond acceptors (Lipinski definition) is 6. The Bertz CT molecular complexity index is 1190. The van der Waals surface area contributed by atoms with Crippen molar-refractivity contribution in [2.45, 2.75) is 12.8 Å². The third kappa shape index (κ3) is 3.64. The molecule has 1 saturated heterocycles. The minimum absolute atomic E-state index is 0.00995. The molecule has 5 rings (SSSR count). The quantitative estimate of drug-likeness (QED) is 0.442. The number of amides is 2. The molecule has 9 heteroatoms. The third-order valence-electron chi connectivity index (χ3n) is 5.78. The van der Waals surface area contributed by atoms with Crippen LogP contribution in [0.25, 0.3) is 10.4 Å². The van der Waals surface area contributed by atoms with E-state index < -0.39 is 4.92 Å². The predicted molar refractivity (Wildman–Crippen MR) is 120 cm³/mol. The van der Waals surface area contributed by atoms with Crippen molar-refractivity contribution in [2.75, 3.05) is 26.2 Å². The molecule has 31 heavy (non-hydrogen) atoms. The Morgan fingerprint density at radius 2 is 1.48 bits per heavy atom. The monoisotopic (exact) mass is 453 g/mol. The summed E-state index contributed by atoms with van der Waals surface area (Å²) in [5.74, 6) is -0.205. The number of rotatable bonds is 3. The van der Waals surface area contributed by atoms with Gasteiger partial charge in [0.05, 0.1) is 14.7 Å². The van der Waals surface area contributed by atoms with E-state index in [0.717, 1.165) is 29.1 Å². The van der Waals surface area contributed by atoms with Gasteiger partial charge < -0.3 is 9.80 Å². The molecule has 1 fully saturated rings. The first-order valence-corrected chi connectivity index (χ1v) is 11.7. The Morgan fingerprint density at radius 3 is 2.16 bits per heavy atom. The van der Waals surface area contributed by atoms with Gasteiger partial charge in [0.25, 0.3) is 11.8 Å². The zero-order valence-electron chi connectivity index (χ0n) is 16.6. The SMILES string of the molecule is O=C(c1ccc([N+](=O)[O-])s1)N1CCN(C(=O)c2cc3c(s2)-c2ccccc2CC3)CC1. The Hall–Kier alpha value is -3.04. The van der Waals surface area contributed by atoms with Gasteiger partial charge in [-0.3, -0.25) is 19.7 Å². The number of carbonyl (C=O) groups excluding carboxylic acids is 2. The van der Waals surface area contributed by atoms with E-state index in [4.69, 9.17) is 0 Å². The molecule has 3 heterocycles. The largest absolute Gasteiger partial charge is 0.334 e. The fraction of sp³-hybridized carbons (Fsp3) is 0.273. The molecule has 2 amide bonds. The van der Waals surface area contributed by atoms with Crippen molar-refractivity contribution in [3.05, 3.63) is 73.5 Å². The van der Waals surface area contributed by atoms with Crippen molar-refractivity contribution in [2.24, 2.45) is 0 Å². The number of piperazine rings is 1. The number of aryl methyl sites for hydroxylation is 2. The van der Waals surface area contributed by atoms with Crippen molar-refractivity contribution < 1.29 is 14.5 Å². The highest BCUT2D eigenvalue weighted by atomic mass is 32.1. The van der Waals surface area contributed by atoms with Gasteiger partial charge in [-0.25, -0.2) is 0 Å². The van der Waals surface area contributed by atoms with Crippen LogP contribution in [0.15, 0.2) is 42.5 Å². The highest BCUT2D eigenvalue weighted by Gasteiger charge is 2.29. The van der Waals surface area contributed by atoms with Crippen LogP contribution in [0.1, 0.15) is 30.5 Å². The molecule has 1 aliphatic carbocycles. The molecule has 1 aromatic carbocycles. The first-order valence-electron chi connectivity index (χ1n) is 10.0. The second-order valence-electron chi connectivity index (χ2n) is 7.60. The Labute approximate surface area is 186 Å². The maximum atomic E-state index is 13.1. The zero-order valence-corrected chi connectivity index (χ0v) is 18.2. The fourth-order valence-corrected chi connectivity index (χ4v) is 6.17. The van der Waals surface area contributed by atoms with E-state index in [1.807, 2.05) is 12.1 Å². The van der Waals surface area contributed by atoms with Crippen molar-refractivity contribution in [1.82, 2.24) is 9.80 Å². The van der Waals surface area contributed by atoms with Crippen molar-refractivity contribution in [3.8, 4) is 10.4 Å². The number of fused-ring (bicyclic) bond motifs is 3. The number of carbonyl (C=O) groups is 2. The Morgan fingerprint density at radius 1 is 0.839 bits per heavy atom. The minimum Gasteiger partial charge on any atom is -0.334 e. The van der Waals surface area contributed by atoms with Crippen molar-refractivity contribution >= 4 is 39.5 Å². The van der Waals surface area contributed by atoms with Crippen LogP contribution < -0.4 is 0 Å². The average Bonchev–Trinajstić information content (AvgIpc) is 3.46. The van der Waals surface area contributed by atoms with Crippen LogP contribution >= 0.6 is 22.7 Å². The highest BCUT2D eigenvalue weighted by molar-refractivity contribution is 7.17. The zero-order chi connectivity index (χ0) is 21.5. The summed E-state index contributed by atoms with van der Waals surface area (Å²) in [5.41, 5.74) is 3.80. The standard InChI is InChI=1S/C22H19N3O4S2/c26-21(17-7-8-19(30-17)25(28)29)23-9-11-24(12-10-23)22(27)18-13-15-6-5-14-3-1-2-4-16(14)20(15)31-18/h1-4,7-8,13H,5-6,9-12H2. The third-order valence-corrected chi connectivity index (χ3v) is 8.01. The van der Waals surface area contributed by atoms with Crippen LogP contribution in [0.3, 0.4) is 0 Å². The highest BCUT2D eigenvalue weighted by Crippen LogP contribution is 2.39. The number of hydrogen-bond donors (Lipinski definition) is 0. The van der Waals surface area contributed by atoms with Crippen LogP contribution in [0.4, 0.5) is 5.00 Å². The molecule has 0 spiro atoms. The summed E-state index contributed by atoms with van der Waals surface area (Å²) in [5, 5.41) is 10.8. The van der Waals surface area contributed by atoms with Gasteiger partial charge in [0.15, 0.2) is 0 Å². The molecule has 1 aliphatic heterocycles. The molecule has 3 aromatic rings. The number of nitro groups is 1. The number of thiophene rings is 2. The van der Waals surface area contributed by atoms with Crippen molar-refractivity contribution in [1.29, 1.82) is 0 Å². The lowest BCUT2D eigenvalue weighted by molar-refractivity contribution is -0.380. The lowest BCUT2D eigenvalue weighted by Crippen LogP contribution is -2.50.